The molecule has 2 N–H and O–H groups in total. The molecule has 29 heavy (non-hydrogen) atoms. The van der Waals surface area contributed by atoms with Gasteiger partial charge in [-0.25, -0.2) is 17.5 Å². The lowest BCUT2D eigenvalue weighted by Gasteiger charge is -2.13. The number of methoxy groups -OCH3 is 1. The van der Waals surface area contributed by atoms with E-state index in [0.717, 1.165) is 28.5 Å². The summed E-state index contributed by atoms with van der Waals surface area (Å²) >= 11 is 0. The van der Waals surface area contributed by atoms with Crippen LogP contribution in [-0.2, 0) is 21.4 Å². The van der Waals surface area contributed by atoms with Crippen molar-refractivity contribution >= 4 is 26.7 Å². The molecular formula is C21H21FN2O4S. The predicted octanol–water partition coefficient (Wildman–Crippen LogP) is 2.97. The summed E-state index contributed by atoms with van der Waals surface area (Å²) < 4.78 is 45.0. The summed E-state index contributed by atoms with van der Waals surface area (Å²) in [5, 5.41) is 4.80. The van der Waals surface area contributed by atoms with E-state index in [4.69, 9.17) is 4.74 Å². The van der Waals surface area contributed by atoms with Crippen LogP contribution in [0.2, 0.25) is 0 Å². The van der Waals surface area contributed by atoms with Gasteiger partial charge in [0.2, 0.25) is 15.9 Å². The third-order valence-corrected chi connectivity index (χ3v) is 5.92. The maximum atomic E-state index is 12.9. The molecule has 0 unspecified atom stereocenters. The van der Waals surface area contributed by atoms with E-state index in [9.17, 15) is 17.6 Å². The number of rotatable bonds is 8. The lowest BCUT2D eigenvalue weighted by atomic mass is 10.0. The van der Waals surface area contributed by atoms with Gasteiger partial charge < -0.3 is 10.1 Å². The van der Waals surface area contributed by atoms with E-state index in [-0.39, 0.29) is 30.3 Å². The van der Waals surface area contributed by atoms with Gasteiger partial charge in [0.1, 0.15) is 11.6 Å². The first-order valence-electron chi connectivity index (χ1n) is 8.97. The van der Waals surface area contributed by atoms with E-state index in [0.29, 0.717) is 5.75 Å². The van der Waals surface area contributed by atoms with Gasteiger partial charge in [0, 0.05) is 25.1 Å². The van der Waals surface area contributed by atoms with Crippen LogP contribution in [0, 0.1) is 5.82 Å². The number of benzene rings is 3. The number of amides is 1. The molecule has 8 heteroatoms. The number of halogens is 1. The number of fused-ring (bicyclic) bond motifs is 1. The number of ether oxygens (including phenoxy) is 1. The van der Waals surface area contributed by atoms with E-state index >= 15 is 0 Å². The van der Waals surface area contributed by atoms with Gasteiger partial charge in [-0.05, 0) is 41.1 Å². The number of hydrogen-bond acceptors (Lipinski definition) is 4. The maximum Gasteiger partial charge on any atom is 0.240 e. The van der Waals surface area contributed by atoms with Crippen LogP contribution in [0.25, 0.3) is 10.8 Å². The van der Waals surface area contributed by atoms with Gasteiger partial charge in [-0.2, -0.15) is 0 Å². The van der Waals surface area contributed by atoms with Crippen LogP contribution in [0.3, 0.4) is 0 Å². The first-order chi connectivity index (χ1) is 13.9. The Hall–Kier alpha value is -2.97. The van der Waals surface area contributed by atoms with E-state index in [2.05, 4.69) is 10.0 Å². The van der Waals surface area contributed by atoms with Crippen LogP contribution in [0.4, 0.5) is 4.39 Å². The second kappa shape index (κ2) is 9.02. The summed E-state index contributed by atoms with van der Waals surface area (Å²) in [6.45, 7) is 0.187. The summed E-state index contributed by atoms with van der Waals surface area (Å²) in [4.78, 5) is 12.1. The van der Waals surface area contributed by atoms with Gasteiger partial charge in [0.15, 0.2) is 0 Å². The highest BCUT2D eigenvalue weighted by Crippen LogP contribution is 2.27. The molecule has 0 saturated carbocycles. The molecular weight excluding hydrogens is 395 g/mol. The van der Waals surface area contributed by atoms with Gasteiger partial charge in [-0.15, -0.1) is 0 Å². The van der Waals surface area contributed by atoms with Crippen molar-refractivity contribution in [1.29, 1.82) is 0 Å². The summed E-state index contributed by atoms with van der Waals surface area (Å²) in [5.74, 6) is -0.157. The van der Waals surface area contributed by atoms with Crippen LogP contribution in [-0.4, -0.2) is 28.0 Å². The second-order valence-electron chi connectivity index (χ2n) is 6.35. The Morgan fingerprint density at radius 3 is 2.48 bits per heavy atom. The topological polar surface area (TPSA) is 84.5 Å². The molecule has 0 aromatic heterocycles. The summed E-state index contributed by atoms with van der Waals surface area (Å²) in [6, 6.07) is 16.1. The molecule has 0 aliphatic rings. The Bertz CT molecular complexity index is 1120. The molecule has 0 heterocycles. The fourth-order valence-electron chi connectivity index (χ4n) is 2.96. The normalized spacial score (nSPS) is 11.4. The number of hydrogen-bond donors (Lipinski definition) is 2. The van der Waals surface area contributed by atoms with Gasteiger partial charge in [-0.3, -0.25) is 4.79 Å². The Kier molecular flexibility index (Phi) is 6.46. The second-order valence-corrected chi connectivity index (χ2v) is 8.11. The standard InChI is InChI=1S/C21H21FN2O4S/c1-28-20-11-6-15-4-2-3-5-18(15)19(20)14-23-21(25)12-13-24-29(26,27)17-9-7-16(22)8-10-17/h2-11,24H,12-14H2,1H3,(H,23,25). The van der Waals surface area contributed by atoms with Crippen molar-refractivity contribution in [3.8, 4) is 5.75 Å². The van der Waals surface area contributed by atoms with Crippen LogP contribution < -0.4 is 14.8 Å². The van der Waals surface area contributed by atoms with Gasteiger partial charge in [0.05, 0.1) is 12.0 Å². The van der Waals surface area contributed by atoms with Crippen molar-refractivity contribution in [3.05, 3.63) is 72.0 Å². The average Bonchev–Trinajstić information content (AvgIpc) is 2.72. The highest BCUT2D eigenvalue weighted by atomic mass is 32.2. The highest BCUT2D eigenvalue weighted by molar-refractivity contribution is 7.89. The lowest BCUT2D eigenvalue weighted by Crippen LogP contribution is -2.30. The molecule has 6 nitrogen and oxygen atoms in total. The fourth-order valence-corrected chi connectivity index (χ4v) is 3.99. The predicted molar refractivity (Wildman–Crippen MR) is 109 cm³/mol. The van der Waals surface area contributed by atoms with Gasteiger partial charge >= 0.3 is 0 Å². The molecule has 0 aliphatic carbocycles. The minimum absolute atomic E-state index is 0.0342. The van der Waals surface area contributed by atoms with Crippen molar-refractivity contribution in [2.45, 2.75) is 17.9 Å². The number of carbonyl (C=O) groups is 1. The number of nitrogens with one attached hydrogen (secondary N) is 2. The smallest absolute Gasteiger partial charge is 0.240 e. The molecule has 3 aromatic carbocycles. The molecule has 0 saturated heterocycles. The minimum atomic E-state index is -3.80. The molecule has 0 radical (unpaired) electrons. The fraction of sp³-hybridized carbons (Fsp3) is 0.190. The minimum Gasteiger partial charge on any atom is -0.496 e. The summed E-state index contributed by atoms with van der Waals surface area (Å²) in [5.41, 5.74) is 0.853. The zero-order valence-corrected chi connectivity index (χ0v) is 16.6. The lowest BCUT2D eigenvalue weighted by molar-refractivity contribution is -0.121. The summed E-state index contributed by atoms with van der Waals surface area (Å²) in [6.07, 6.45) is -0.0342. The molecule has 3 rings (SSSR count). The molecule has 0 aliphatic heterocycles. The van der Waals surface area contributed by atoms with E-state index in [1.54, 1.807) is 7.11 Å². The molecule has 0 fully saturated rings. The monoisotopic (exact) mass is 416 g/mol. The summed E-state index contributed by atoms with van der Waals surface area (Å²) in [7, 11) is -2.23. The highest BCUT2D eigenvalue weighted by Gasteiger charge is 2.15. The molecule has 0 spiro atoms. The van der Waals surface area contributed by atoms with E-state index in [1.165, 1.54) is 12.1 Å². The quantitative estimate of drug-likeness (QED) is 0.591. The molecule has 0 atom stereocenters. The molecule has 152 valence electrons. The SMILES string of the molecule is COc1ccc2ccccc2c1CNC(=O)CCNS(=O)(=O)c1ccc(F)cc1. The average molecular weight is 416 g/mol. The number of sulfonamides is 1. The Labute approximate surface area is 168 Å². The van der Waals surface area contributed by atoms with Crippen LogP contribution in [0.15, 0.2) is 65.6 Å². The Balaban J connectivity index is 1.58. The van der Waals surface area contributed by atoms with E-state index < -0.39 is 15.8 Å². The molecule has 1 amide bonds. The van der Waals surface area contributed by atoms with Crippen LogP contribution in [0.1, 0.15) is 12.0 Å². The van der Waals surface area contributed by atoms with Crippen molar-refractivity contribution in [1.82, 2.24) is 10.0 Å². The van der Waals surface area contributed by atoms with Crippen molar-refractivity contribution in [2.24, 2.45) is 0 Å². The Morgan fingerprint density at radius 2 is 1.76 bits per heavy atom. The first kappa shape index (κ1) is 20.8. The third-order valence-electron chi connectivity index (χ3n) is 4.45. The van der Waals surface area contributed by atoms with Crippen molar-refractivity contribution in [3.63, 3.8) is 0 Å². The largest absolute Gasteiger partial charge is 0.496 e. The first-order valence-corrected chi connectivity index (χ1v) is 10.5. The maximum absolute atomic E-state index is 12.9. The van der Waals surface area contributed by atoms with Crippen LogP contribution >= 0.6 is 0 Å². The third kappa shape index (κ3) is 5.10. The van der Waals surface area contributed by atoms with E-state index in [1.807, 2.05) is 36.4 Å². The van der Waals surface area contributed by atoms with Gasteiger partial charge in [-0.1, -0.05) is 30.3 Å². The zero-order valence-electron chi connectivity index (χ0n) is 15.8. The molecule has 0 bridgehead atoms. The number of carbonyl (C=O) groups excluding carboxylic acids is 1. The van der Waals surface area contributed by atoms with Crippen molar-refractivity contribution < 1.29 is 22.3 Å². The Morgan fingerprint density at radius 1 is 1.03 bits per heavy atom. The zero-order chi connectivity index (χ0) is 20.9. The van der Waals surface area contributed by atoms with Gasteiger partial charge in [0.25, 0.3) is 0 Å². The van der Waals surface area contributed by atoms with Crippen LogP contribution in [0.5, 0.6) is 5.75 Å². The molecule has 3 aromatic rings. The van der Waals surface area contributed by atoms with Crippen molar-refractivity contribution in [2.75, 3.05) is 13.7 Å².